The summed E-state index contributed by atoms with van der Waals surface area (Å²) >= 11 is 11.2. The molecule has 88 valence electrons. The second-order valence-corrected chi connectivity index (χ2v) is 3.94. The molecule has 0 spiro atoms. The number of nitrogens with zero attached hydrogens (tertiary/aromatic N) is 2. The van der Waals surface area contributed by atoms with Crippen molar-refractivity contribution >= 4 is 23.2 Å². The molecule has 7 heteroatoms. The summed E-state index contributed by atoms with van der Waals surface area (Å²) in [7, 11) is 0. The first-order valence-electron chi connectivity index (χ1n) is 4.39. The number of hydrogen-bond donors (Lipinski definition) is 0. The van der Waals surface area contributed by atoms with Gasteiger partial charge in [-0.05, 0) is 12.1 Å². The lowest BCUT2D eigenvalue weighted by atomic mass is 10.3. The van der Waals surface area contributed by atoms with E-state index >= 15 is 0 Å². The molecule has 0 amide bonds. The zero-order valence-electron chi connectivity index (χ0n) is 8.12. The number of hydrogen-bond acceptors (Lipinski definition) is 2. The third kappa shape index (κ3) is 2.30. The summed E-state index contributed by atoms with van der Waals surface area (Å²) in [5, 5.41) is 3.36. The van der Waals surface area contributed by atoms with Crippen LogP contribution in [-0.4, -0.2) is 9.78 Å². The van der Waals surface area contributed by atoms with Crippen molar-refractivity contribution in [3.05, 3.63) is 56.4 Å². The van der Waals surface area contributed by atoms with Gasteiger partial charge in [0.2, 0.25) is 0 Å². The fourth-order valence-corrected chi connectivity index (χ4v) is 1.51. The molecule has 0 fully saturated rings. The smallest absolute Gasteiger partial charge is 0.266 e. The van der Waals surface area contributed by atoms with Crippen molar-refractivity contribution in [2.45, 2.75) is 0 Å². The fraction of sp³-hybridized carbons (Fsp3) is 0. The highest BCUT2D eigenvalue weighted by Crippen LogP contribution is 2.17. The predicted octanol–water partition coefficient (Wildman–Crippen LogP) is 2.82. The average molecular weight is 277 g/mol. The zero-order chi connectivity index (χ0) is 12.6. The van der Waals surface area contributed by atoms with Crippen LogP contribution in [0.2, 0.25) is 10.0 Å². The van der Waals surface area contributed by atoms with Crippen LogP contribution in [0.15, 0.2) is 29.2 Å². The second-order valence-electron chi connectivity index (χ2n) is 3.15. The predicted molar refractivity (Wildman–Crippen MR) is 59.8 cm³/mol. The van der Waals surface area contributed by atoms with Gasteiger partial charge >= 0.3 is 0 Å². The van der Waals surface area contributed by atoms with Crippen molar-refractivity contribution in [3.63, 3.8) is 0 Å². The van der Waals surface area contributed by atoms with E-state index in [1.54, 1.807) is 0 Å². The van der Waals surface area contributed by atoms with Gasteiger partial charge in [-0.15, -0.1) is 0 Å². The second kappa shape index (κ2) is 4.43. The lowest BCUT2D eigenvalue weighted by Crippen LogP contribution is -2.21. The average Bonchev–Trinajstić information content (AvgIpc) is 2.24. The minimum Gasteiger partial charge on any atom is -0.266 e. The van der Waals surface area contributed by atoms with E-state index in [1.165, 1.54) is 0 Å². The standard InChI is InChI=1S/C10H4Cl2F2N2O/c11-8-4-15-16(10(17)9(8)12)7-2-5(13)1-6(14)3-7/h1-4H. The van der Waals surface area contributed by atoms with Gasteiger partial charge in [-0.25, -0.2) is 8.78 Å². The van der Waals surface area contributed by atoms with E-state index in [9.17, 15) is 13.6 Å². The number of halogens is 4. The lowest BCUT2D eigenvalue weighted by Gasteiger charge is -2.05. The molecule has 0 N–H and O–H groups in total. The van der Waals surface area contributed by atoms with E-state index in [1.807, 2.05) is 0 Å². The first-order chi connectivity index (χ1) is 7.99. The number of aromatic nitrogens is 2. The minimum atomic E-state index is -0.820. The lowest BCUT2D eigenvalue weighted by molar-refractivity contribution is 0.579. The maximum atomic E-state index is 13.0. The highest BCUT2D eigenvalue weighted by atomic mass is 35.5. The summed E-state index contributed by atoms with van der Waals surface area (Å²) in [5.74, 6) is -1.64. The van der Waals surface area contributed by atoms with E-state index in [4.69, 9.17) is 23.2 Å². The van der Waals surface area contributed by atoms with Crippen LogP contribution in [0, 0.1) is 11.6 Å². The van der Waals surface area contributed by atoms with Crippen LogP contribution < -0.4 is 5.56 Å². The SMILES string of the molecule is O=c1c(Cl)c(Cl)cnn1-c1cc(F)cc(F)c1. The highest BCUT2D eigenvalue weighted by Gasteiger charge is 2.10. The van der Waals surface area contributed by atoms with Gasteiger partial charge in [0.05, 0.1) is 16.9 Å². The Labute approximate surface area is 104 Å². The Kier molecular flexibility index (Phi) is 3.13. The van der Waals surface area contributed by atoms with E-state index < -0.39 is 17.2 Å². The molecule has 0 saturated heterocycles. The van der Waals surface area contributed by atoms with Crippen LogP contribution >= 0.6 is 23.2 Å². The van der Waals surface area contributed by atoms with Gasteiger partial charge < -0.3 is 0 Å². The summed E-state index contributed by atoms with van der Waals surface area (Å²) < 4.78 is 26.7. The van der Waals surface area contributed by atoms with Crippen LogP contribution in [-0.2, 0) is 0 Å². The Morgan fingerprint density at radius 1 is 1.12 bits per heavy atom. The Morgan fingerprint density at radius 2 is 1.71 bits per heavy atom. The fourth-order valence-electron chi connectivity index (χ4n) is 1.26. The van der Waals surface area contributed by atoms with E-state index in [2.05, 4.69) is 5.10 Å². The maximum Gasteiger partial charge on any atom is 0.291 e. The van der Waals surface area contributed by atoms with Crippen molar-refractivity contribution in [2.75, 3.05) is 0 Å². The molecule has 3 nitrogen and oxygen atoms in total. The summed E-state index contributed by atoms with van der Waals surface area (Å²) in [4.78, 5) is 11.7. The Balaban J connectivity index is 2.69. The van der Waals surface area contributed by atoms with E-state index in [0.29, 0.717) is 6.07 Å². The molecule has 0 radical (unpaired) electrons. The molecule has 1 heterocycles. The molecular formula is C10H4Cl2F2N2O. The highest BCUT2D eigenvalue weighted by molar-refractivity contribution is 6.41. The molecule has 2 rings (SSSR count). The third-order valence-corrected chi connectivity index (χ3v) is 2.72. The number of benzene rings is 1. The van der Waals surface area contributed by atoms with Crippen molar-refractivity contribution in [2.24, 2.45) is 0 Å². The molecule has 0 unspecified atom stereocenters. The van der Waals surface area contributed by atoms with Gasteiger partial charge in [-0.2, -0.15) is 9.78 Å². The quantitative estimate of drug-likeness (QED) is 0.803. The molecule has 0 aliphatic heterocycles. The Morgan fingerprint density at radius 3 is 2.29 bits per heavy atom. The minimum absolute atomic E-state index is 0.0233. The van der Waals surface area contributed by atoms with E-state index in [-0.39, 0.29) is 15.7 Å². The molecular weight excluding hydrogens is 273 g/mol. The topological polar surface area (TPSA) is 34.9 Å². The van der Waals surface area contributed by atoms with Gasteiger partial charge in [-0.3, -0.25) is 4.79 Å². The van der Waals surface area contributed by atoms with Gasteiger partial charge in [0.15, 0.2) is 0 Å². The summed E-state index contributed by atoms with van der Waals surface area (Å²) in [6, 6.07) is 2.61. The van der Waals surface area contributed by atoms with Gasteiger partial charge in [0.25, 0.3) is 5.56 Å². The first-order valence-corrected chi connectivity index (χ1v) is 5.14. The van der Waals surface area contributed by atoms with Crippen molar-refractivity contribution in [1.29, 1.82) is 0 Å². The van der Waals surface area contributed by atoms with Crippen LogP contribution in [0.4, 0.5) is 8.78 Å². The molecule has 0 bridgehead atoms. The molecule has 2 aromatic rings. The molecule has 0 aliphatic carbocycles. The largest absolute Gasteiger partial charge is 0.291 e. The van der Waals surface area contributed by atoms with Crippen molar-refractivity contribution < 1.29 is 8.78 Å². The monoisotopic (exact) mass is 276 g/mol. The third-order valence-electron chi connectivity index (χ3n) is 1.97. The maximum absolute atomic E-state index is 13.0. The van der Waals surface area contributed by atoms with Crippen LogP contribution in [0.5, 0.6) is 0 Å². The molecule has 1 aromatic carbocycles. The molecule has 0 atom stereocenters. The van der Waals surface area contributed by atoms with Crippen LogP contribution in [0.3, 0.4) is 0 Å². The molecule has 17 heavy (non-hydrogen) atoms. The molecule has 1 aromatic heterocycles. The molecule has 0 aliphatic rings. The summed E-state index contributed by atoms with van der Waals surface area (Å²) in [5.41, 5.74) is -0.810. The zero-order valence-corrected chi connectivity index (χ0v) is 9.64. The normalized spacial score (nSPS) is 10.6. The van der Waals surface area contributed by atoms with Gasteiger partial charge in [-0.1, -0.05) is 23.2 Å². The Hall–Kier alpha value is -1.46. The van der Waals surface area contributed by atoms with Gasteiger partial charge in [0.1, 0.15) is 16.7 Å². The van der Waals surface area contributed by atoms with Gasteiger partial charge in [0, 0.05) is 6.07 Å². The van der Waals surface area contributed by atoms with Crippen LogP contribution in [0.1, 0.15) is 0 Å². The van der Waals surface area contributed by atoms with Crippen LogP contribution in [0.25, 0.3) is 5.69 Å². The summed E-state index contributed by atoms with van der Waals surface area (Å²) in [6.45, 7) is 0. The Bertz CT molecular complexity index is 622. The van der Waals surface area contributed by atoms with Crippen molar-refractivity contribution in [3.8, 4) is 5.69 Å². The first kappa shape index (κ1) is 12.0. The van der Waals surface area contributed by atoms with Crippen molar-refractivity contribution in [1.82, 2.24) is 9.78 Å². The van der Waals surface area contributed by atoms with E-state index in [0.717, 1.165) is 23.0 Å². The molecule has 0 saturated carbocycles. The number of rotatable bonds is 1. The summed E-state index contributed by atoms with van der Waals surface area (Å²) in [6.07, 6.45) is 1.12.